The fourth-order valence-electron chi connectivity index (χ4n) is 1.49. The number of rotatable bonds is 5. The molecule has 0 heterocycles. The van der Waals surface area contributed by atoms with Gasteiger partial charge in [-0.25, -0.2) is 0 Å². The normalized spacial score (nSPS) is 12.2. The van der Waals surface area contributed by atoms with E-state index in [2.05, 4.69) is 27.3 Å². The molecule has 2 nitrogen and oxygen atoms in total. The van der Waals surface area contributed by atoms with E-state index >= 15 is 0 Å². The zero-order valence-electron chi connectivity index (χ0n) is 9.50. The van der Waals surface area contributed by atoms with Crippen LogP contribution < -0.4 is 5.32 Å². The quantitative estimate of drug-likeness (QED) is 0.906. The third-order valence-electron chi connectivity index (χ3n) is 2.17. The SMILES string of the molecule is CSCC(=O)NC(C)Cc1ccccc1Br. The van der Waals surface area contributed by atoms with Crippen LogP contribution in [0.1, 0.15) is 12.5 Å². The van der Waals surface area contributed by atoms with Crippen LogP contribution in [0.4, 0.5) is 0 Å². The van der Waals surface area contributed by atoms with Crippen LogP contribution >= 0.6 is 27.7 Å². The topological polar surface area (TPSA) is 29.1 Å². The summed E-state index contributed by atoms with van der Waals surface area (Å²) in [4.78, 5) is 11.4. The molecular weight excluding hydrogens is 286 g/mol. The van der Waals surface area contributed by atoms with Crippen molar-refractivity contribution < 1.29 is 4.79 Å². The lowest BCUT2D eigenvalue weighted by Crippen LogP contribution is -2.35. The summed E-state index contributed by atoms with van der Waals surface area (Å²) in [6.45, 7) is 2.03. The molecule has 0 fully saturated rings. The molecule has 0 radical (unpaired) electrons. The first-order chi connectivity index (χ1) is 7.63. The highest BCUT2D eigenvalue weighted by Crippen LogP contribution is 2.17. The molecule has 1 atom stereocenters. The van der Waals surface area contributed by atoms with Gasteiger partial charge in [-0.15, -0.1) is 0 Å². The Bertz CT molecular complexity index is 357. The number of carbonyl (C=O) groups is 1. The second-order valence-electron chi connectivity index (χ2n) is 3.70. The van der Waals surface area contributed by atoms with Gasteiger partial charge in [0.05, 0.1) is 5.75 Å². The molecule has 0 aliphatic rings. The molecular formula is C12H16BrNOS. The van der Waals surface area contributed by atoms with E-state index in [4.69, 9.17) is 0 Å². The Kier molecular flexibility index (Phi) is 5.91. The van der Waals surface area contributed by atoms with Crippen LogP contribution in [0.25, 0.3) is 0 Å². The summed E-state index contributed by atoms with van der Waals surface area (Å²) in [7, 11) is 0. The van der Waals surface area contributed by atoms with Gasteiger partial charge in [-0.1, -0.05) is 34.1 Å². The average Bonchev–Trinajstić information content (AvgIpc) is 2.21. The molecule has 0 aliphatic carbocycles. The fraction of sp³-hybridized carbons (Fsp3) is 0.417. The van der Waals surface area contributed by atoms with E-state index in [0.29, 0.717) is 5.75 Å². The van der Waals surface area contributed by atoms with E-state index in [0.717, 1.165) is 10.9 Å². The lowest BCUT2D eigenvalue weighted by Gasteiger charge is -2.14. The highest BCUT2D eigenvalue weighted by molar-refractivity contribution is 9.10. The molecule has 1 aromatic rings. The third-order valence-corrected chi connectivity index (χ3v) is 3.49. The maximum absolute atomic E-state index is 11.4. The number of amides is 1. The molecule has 0 saturated heterocycles. The Balaban J connectivity index is 2.48. The molecule has 16 heavy (non-hydrogen) atoms. The van der Waals surface area contributed by atoms with Crippen molar-refractivity contribution in [2.45, 2.75) is 19.4 Å². The number of benzene rings is 1. The Labute approximate surface area is 109 Å². The minimum Gasteiger partial charge on any atom is -0.353 e. The first-order valence-electron chi connectivity index (χ1n) is 5.15. The Hall–Kier alpha value is -0.480. The minimum atomic E-state index is 0.104. The first kappa shape index (κ1) is 13.6. The van der Waals surface area contributed by atoms with Crippen LogP contribution in [-0.4, -0.2) is 24.0 Å². The van der Waals surface area contributed by atoms with Gasteiger partial charge in [-0.3, -0.25) is 4.79 Å². The smallest absolute Gasteiger partial charge is 0.230 e. The largest absolute Gasteiger partial charge is 0.353 e. The maximum Gasteiger partial charge on any atom is 0.230 e. The van der Waals surface area contributed by atoms with Gasteiger partial charge in [0, 0.05) is 10.5 Å². The molecule has 1 N–H and O–H groups in total. The van der Waals surface area contributed by atoms with Gasteiger partial charge in [0.1, 0.15) is 0 Å². The standard InChI is InChI=1S/C12H16BrNOS/c1-9(14-12(15)8-16-2)7-10-5-3-4-6-11(10)13/h3-6,9H,7-8H2,1-2H3,(H,14,15). The summed E-state index contributed by atoms with van der Waals surface area (Å²) >= 11 is 5.04. The molecule has 1 unspecified atom stereocenters. The Morgan fingerprint density at radius 2 is 2.19 bits per heavy atom. The number of hydrogen-bond donors (Lipinski definition) is 1. The van der Waals surface area contributed by atoms with Crippen LogP contribution in [0.2, 0.25) is 0 Å². The van der Waals surface area contributed by atoms with Gasteiger partial charge in [-0.2, -0.15) is 11.8 Å². The lowest BCUT2D eigenvalue weighted by atomic mass is 10.1. The van der Waals surface area contributed by atoms with E-state index in [1.807, 2.05) is 31.4 Å². The maximum atomic E-state index is 11.4. The molecule has 1 aromatic carbocycles. The number of carbonyl (C=O) groups excluding carboxylic acids is 1. The van der Waals surface area contributed by atoms with Crippen molar-refractivity contribution in [3.63, 3.8) is 0 Å². The van der Waals surface area contributed by atoms with Gasteiger partial charge in [0.2, 0.25) is 5.91 Å². The molecule has 0 spiro atoms. The summed E-state index contributed by atoms with van der Waals surface area (Å²) < 4.78 is 1.10. The molecule has 4 heteroatoms. The molecule has 1 rings (SSSR count). The predicted molar refractivity (Wildman–Crippen MR) is 73.8 cm³/mol. The first-order valence-corrected chi connectivity index (χ1v) is 7.34. The molecule has 1 amide bonds. The number of hydrogen-bond acceptors (Lipinski definition) is 2. The van der Waals surface area contributed by atoms with Crippen molar-refractivity contribution in [2.75, 3.05) is 12.0 Å². The van der Waals surface area contributed by atoms with Crippen LogP contribution in [0.5, 0.6) is 0 Å². The molecule has 0 aliphatic heterocycles. The molecule has 0 saturated carbocycles. The van der Waals surface area contributed by atoms with Crippen molar-refractivity contribution in [1.82, 2.24) is 5.32 Å². The molecule has 0 aromatic heterocycles. The van der Waals surface area contributed by atoms with E-state index < -0.39 is 0 Å². The van der Waals surface area contributed by atoms with Crippen molar-refractivity contribution in [3.8, 4) is 0 Å². The Morgan fingerprint density at radius 3 is 2.81 bits per heavy atom. The number of nitrogens with one attached hydrogen (secondary N) is 1. The van der Waals surface area contributed by atoms with E-state index in [-0.39, 0.29) is 11.9 Å². The highest BCUT2D eigenvalue weighted by Gasteiger charge is 2.08. The van der Waals surface area contributed by atoms with E-state index in [1.165, 1.54) is 17.3 Å². The third kappa shape index (κ3) is 4.58. The van der Waals surface area contributed by atoms with Crippen molar-refractivity contribution in [2.24, 2.45) is 0 Å². The zero-order chi connectivity index (χ0) is 12.0. The summed E-state index contributed by atoms with van der Waals surface area (Å²) in [6, 6.07) is 8.26. The molecule has 0 bridgehead atoms. The van der Waals surface area contributed by atoms with Gasteiger partial charge >= 0.3 is 0 Å². The number of thioether (sulfide) groups is 1. The summed E-state index contributed by atoms with van der Waals surface area (Å²) in [5.74, 6) is 0.632. The van der Waals surface area contributed by atoms with Crippen LogP contribution in [0.3, 0.4) is 0 Å². The summed E-state index contributed by atoms with van der Waals surface area (Å²) in [5.41, 5.74) is 1.22. The van der Waals surface area contributed by atoms with Gasteiger partial charge in [0.15, 0.2) is 0 Å². The van der Waals surface area contributed by atoms with Crippen LogP contribution in [0, 0.1) is 0 Å². The minimum absolute atomic E-state index is 0.104. The van der Waals surface area contributed by atoms with Crippen LogP contribution in [0.15, 0.2) is 28.7 Å². The number of halogens is 1. The highest BCUT2D eigenvalue weighted by atomic mass is 79.9. The monoisotopic (exact) mass is 301 g/mol. The average molecular weight is 302 g/mol. The van der Waals surface area contributed by atoms with Crippen molar-refractivity contribution >= 4 is 33.6 Å². The van der Waals surface area contributed by atoms with E-state index in [9.17, 15) is 4.79 Å². The van der Waals surface area contributed by atoms with Gasteiger partial charge in [-0.05, 0) is 31.2 Å². The van der Waals surface area contributed by atoms with Crippen molar-refractivity contribution in [1.29, 1.82) is 0 Å². The zero-order valence-corrected chi connectivity index (χ0v) is 11.9. The van der Waals surface area contributed by atoms with Crippen molar-refractivity contribution in [3.05, 3.63) is 34.3 Å². The van der Waals surface area contributed by atoms with E-state index in [1.54, 1.807) is 0 Å². The second-order valence-corrected chi connectivity index (χ2v) is 5.42. The summed E-state index contributed by atoms with van der Waals surface area (Å²) in [5, 5.41) is 2.98. The fourth-order valence-corrected chi connectivity index (χ4v) is 2.28. The van der Waals surface area contributed by atoms with Gasteiger partial charge in [0.25, 0.3) is 0 Å². The molecule has 88 valence electrons. The predicted octanol–water partition coefficient (Wildman–Crippen LogP) is 2.86. The Morgan fingerprint density at radius 1 is 1.50 bits per heavy atom. The summed E-state index contributed by atoms with van der Waals surface area (Å²) in [6.07, 6.45) is 2.78. The lowest BCUT2D eigenvalue weighted by molar-refractivity contribution is -0.119. The van der Waals surface area contributed by atoms with Gasteiger partial charge < -0.3 is 5.32 Å². The second kappa shape index (κ2) is 6.97. The van der Waals surface area contributed by atoms with Crippen LogP contribution in [-0.2, 0) is 11.2 Å².